The monoisotopic (exact) mass is 268 g/mol. The molecule has 0 saturated carbocycles. The highest BCUT2D eigenvalue weighted by atomic mass is 32.2. The van der Waals surface area contributed by atoms with E-state index in [1.807, 2.05) is 11.8 Å². The molecule has 0 spiro atoms. The summed E-state index contributed by atoms with van der Waals surface area (Å²) in [6.45, 7) is 2.32. The Bertz CT molecular complexity index is 532. The van der Waals surface area contributed by atoms with E-state index in [0.717, 1.165) is 5.92 Å². The molecule has 2 aromatic carbocycles. The summed E-state index contributed by atoms with van der Waals surface area (Å²) in [6.07, 6.45) is 2.56. The molecule has 1 heterocycles. The van der Waals surface area contributed by atoms with Crippen molar-refractivity contribution >= 4 is 11.8 Å². The lowest BCUT2D eigenvalue weighted by Gasteiger charge is -2.20. The van der Waals surface area contributed by atoms with E-state index in [9.17, 15) is 0 Å². The zero-order valence-electron chi connectivity index (χ0n) is 11.4. The first kappa shape index (κ1) is 12.8. The molecule has 19 heavy (non-hydrogen) atoms. The summed E-state index contributed by atoms with van der Waals surface area (Å²) >= 11 is 2.04. The standard InChI is InChI=1S/C18H20S/c1-2-14-12-17(15-8-4-3-5-9-15)16-10-6-7-11-18(16)19-13-14/h3-11,14,17H,2,12-13H2,1H3/t14-,17-/m0/s1. The summed E-state index contributed by atoms with van der Waals surface area (Å²) in [4.78, 5) is 1.48. The van der Waals surface area contributed by atoms with Gasteiger partial charge in [0.2, 0.25) is 0 Å². The molecule has 2 aromatic rings. The van der Waals surface area contributed by atoms with Crippen LogP contribution in [-0.2, 0) is 0 Å². The van der Waals surface area contributed by atoms with Crippen LogP contribution in [0.15, 0.2) is 59.5 Å². The maximum atomic E-state index is 2.32. The van der Waals surface area contributed by atoms with E-state index in [1.165, 1.54) is 34.6 Å². The zero-order chi connectivity index (χ0) is 13.1. The summed E-state index contributed by atoms with van der Waals surface area (Å²) in [6, 6.07) is 20.0. The maximum Gasteiger partial charge on any atom is 0.0110 e. The van der Waals surface area contributed by atoms with Crippen molar-refractivity contribution in [2.24, 2.45) is 5.92 Å². The van der Waals surface area contributed by atoms with Gasteiger partial charge in [-0.3, -0.25) is 0 Å². The number of hydrogen-bond acceptors (Lipinski definition) is 1. The molecule has 0 nitrogen and oxygen atoms in total. The van der Waals surface area contributed by atoms with Crippen molar-refractivity contribution in [2.75, 3.05) is 5.75 Å². The van der Waals surface area contributed by atoms with Crippen molar-refractivity contribution in [3.63, 3.8) is 0 Å². The fraction of sp³-hybridized carbons (Fsp3) is 0.333. The summed E-state index contributed by atoms with van der Waals surface area (Å²) in [5, 5.41) is 0. The van der Waals surface area contributed by atoms with Crippen LogP contribution < -0.4 is 0 Å². The quantitative estimate of drug-likeness (QED) is 0.708. The smallest absolute Gasteiger partial charge is 0.0110 e. The summed E-state index contributed by atoms with van der Waals surface area (Å²) < 4.78 is 0. The van der Waals surface area contributed by atoms with E-state index >= 15 is 0 Å². The minimum Gasteiger partial charge on any atom is -0.126 e. The molecule has 2 atom stereocenters. The van der Waals surface area contributed by atoms with Crippen LogP contribution >= 0.6 is 11.8 Å². The molecule has 0 radical (unpaired) electrons. The molecular formula is C18H20S. The highest BCUT2D eigenvalue weighted by Gasteiger charge is 2.24. The lowest BCUT2D eigenvalue weighted by atomic mass is 9.83. The van der Waals surface area contributed by atoms with Gasteiger partial charge in [0, 0.05) is 16.6 Å². The Labute approximate surface area is 120 Å². The molecule has 0 unspecified atom stereocenters. The van der Waals surface area contributed by atoms with Crippen molar-refractivity contribution in [2.45, 2.75) is 30.6 Å². The minimum absolute atomic E-state index is 0.567. The lowest BCUT2D eigenvalue weighted by molar-refractivity contribution is 0.495. The molecule has 1 aliphatic rings. The molecule has 0 bridgehead atoms. The predicted molar refractivity (Wildman–Crippen MR) is 83.8 cm³/mol. The van der Waals surface area contributed by atoms with Crippen LogP contribution in [0.1, 0.15) is 36.8 Å². The zero-order valence-corrected chi connectivity index (χ0v) is 12.2. The number of hydrogen-bond donors (Lipinski definition) is 0. The van der Waals surface area contributed by atoms with Gasteiger partial charge in [0.05, 0.1) is 0 Å². The molecule has 1 aliphatic heterocycles. The Kier molecular flexibility index (Phi) is 3.93. The Morgan fingerprint density at radius 1 is 1.00 bits per heavy atom. The van der Waals surface area contributed by atoms with Crippen molar-refractivity contribution < 1.29 is 0 Å². The second kappa shape index (κ2) is 5.83. The average molecular weight is 268 g/mol. The van der Waals surface area contributed by atoms with Crippen LogP contribution in [0.25, 0.3) is 0 Å². The number of thioether (sulfide) groups is 1. The van der Waals surface area contributed by atoms with E-state index in [1.54, 1.807) is 0 Å². The summed E-state index contributed by atoms with van der Waals surface area (Å²) in [5.41, 5.74) is 2.99. The molecule has 0 amide bonds. The van der Waals surface area contributed by atoms with Crippen molar-refractivity contribution in [1.82, 2.24) is 0 Å². The SMILES string of the molecule is CC[C@@H]1CSc2ccccc2[C@H](c2ccccc2)C1. The molecule has 0 N–H and O–H groups in total. The van der Waals surface area contributed by atoms with Crippen molar-refractivity contribution in [1.29, 1.82) is 0 Å². The van der Waals surface area contributed by atoms with E-state index in [2.05, 4.69) is 61.5 Å². The van der Waals surface area contributed by atoms with Crippen LogP contribution in [-0.4, -0.2) is 5.75 Å². The average Bonchev–Trinajstić information content (AvgIpc) is 2.68. The molecular weight excluding hydrogens is 248 g/mol. The minimum atomic E-state index is 0.567. The molecule has 0 aromatic heterocycles. The maximum absolute atomic E-state index is 2.32. The van der Waals surface area contributed by atoms with Gasteiger partial charge >= 0.3 is 0 Å². The normalized spacial score (nSPS) is 22.6. The van der Waals surface area contributed by atoms with Gasteiger partial charge in [0.1, 0.15) is 0 Å². The molecule has 1 heteroatoms. The van der Waals surface area contributed by atoms with E-state index in [0.29, 0.717) is 5.92 Å². The van der Waals surface area contributed by atoms with Crippen molar-refractivity contribution in [3.8, 4) is 0 Å². The van der Waals surface area contributed by atoms with Gasteiger partial charge < -0.3 is 0 Å². The first-order chi connectivity index (χ1) is 9.38. The third-order valence-corrected chi connectivity index (χ3v) is 5.44. The third kappa shape index (κ3) is 2.71. The van der Waals surface area contributed by atoms with Gasteiger partial charge in [-0.1, -0.05) is 61.9 Å². The van der Waals surface area contributed by atoms with Crippen LogP contribution in [0.2, 0.25) is 0 Å². The third-order valence-electron chi connectivity index (χ3n) is 4.12. The Morgan fingerprint density at radius 3 is 2.53 bits per heavy atom. The number of benzene rings is 2. The van der Waals surface area contributed by atoms with Crippen LogP contribution in [0.3, 0.4) is 0 Å². The van der Waals surface area contributed by atoms with Gasteiger partial charge in [0.25, 0.3) is 0 Å². The Balaban J connectivity index is 2.04. The van der Waals surface area contributed by atoms with Crippen LogP contribution in [0, 0.1) is 5.92 Å². The van der Waals surface area contributed by atoms with Gasteiger partial charge in [-0.2, -0.15) is 0 Å². The second-order valence-corrected chi connectivity index (χ2v) is 6.38. The molecule has 0 aliphatic carbocycles. The molecule has 0 fully saturated rings. The van der Waals surface area contributed by atoms with E-state index in [4.69, 9.17) is 0 Å². The van der Waals surface area contributed by atoms with Crippen molar-refractivity contribution in [3.05, 3.63) is 65.7 Å². The fourth-order valence-corrected chi connectivity index (χ4v) is 4.26. The summed E-state index contributed by atoms with van der Waals surface area (Å²) in [7, 11) is 0. The van der Waals surface area contributed by atoms with Gasteiger partial charge in [0.15, 0.2) is 0 Å². The largest absolute Gasteiger partial charge is 0.126 e. The Hall–Kier alpha value is -1.21. The fourth-order valence-electron chi connectivity index (χ4n) is 2.92. The molecule has 0 saturated heterocycles. The first-order valence-electron chi connectivity index (χ1n) is 7.15. The highest BCUT2D eigenvalue weighted by molar-refractivity contribution is 7.99. The second-order valence-electron chi connectivity index (χ2n) is 5.32. The van der Waals surface area contributed by atoms with Crippen LogP contribution in [0.4, 0.5) is 0 Å². The van der Waals surface area contributed by atoms with Gasteiger partial charge in [-0.25, -0.2) is 0 Å². The topological polar surface area (TPSA) is 0 Å². The highest BCUT2D eigenvalue weighted by Crippen LogP contribution is 2.42. The summed E-state index contributed by atoms with van der Waals surface area (Å²) in [5.74, 6) is 2.65. The lowest BCUT2D eigenvalue weighted by Crippen LogP contribution is -2.08. The van der Waals surface area contributed by atoms with Gasteiger partial charge in [-0.05, 0) is 29.5 Å². The van der Waals surface area contributed by atoms with E-state index in [-0.39, 0.29) is 0 Å². The number of rotatable bonds is 2. The molecule has 3 rings (SSSR count). The molecule has 98 valence electrons. The Morgan fingerprint density at radius 2 is 1.74 bits per heavy atom. The predicted octanol–water partition coefficient (Wildman–Crippen LogP) is 5.34. The van der Waals surface area contributed by atoms with E-state index < -0.39 is 0 Å². The van der Waals surface area contributed by atoms with Gasteiger partial charge in [-0.15, -0.1) is 11.8 Å². The van der Waals surface area contributed by atoms with Crippen LogP contribution in [0.5, 0.6) is 0 Å². The first-order valence-corrected chi connectivity index (χ1v) is 8.13. The number of fused-ring (bicyclic) bond motifs is 1.